The maximum absolute atomic E-state index is 9.12. The van der Waals surface area contributed by atoms with E-state index in [1.165, 1.54) is 0 Å². The van der Waals surface area contributed by atoms with Crippen LogP contribution in [0.15, 0.2) is 51.9 Å². The Kier molecular flexibility index (Phi) is 5.63. The third-order valence-electron chi connectivity index (χ3n) is 4.47. The van der Waals surface area contributed by atoms with E-state index in [0.29, 0.717) is 12.3 Å². The van der Waals surface area contributed by atoms with Crippen LogP contribution >= 0.6 is 12.4 Å². The molecular weight excluding hydrogens is 362 g/mol. The molecule has 2 aromatic rings. The van der Waals surface area contributed by atoms with Crippen LogP contribution < -0.4 is 10.7 Å². The molecule has 0 aromatic heterocycles. The molecule has 5 nitrogen and oxygen atoms in total. The summed E-state index contributed by atoms with van der Waals surface area (Å²) in [6.07, 6.45) is 0. The lowest BCUT2D eigenvalue weighted by Gasteiger charge is -2.13. The van der Waals surface area contributed by atoms with E-state index in [1.54, 1.807) is 0 Å². The Balaban J connectivity index is 0.00000210. The van der Waals surface area contributed by atoms with Crippen molar-refractivity contribution in [1.29, 1.82) is 0 Å². The first kappa shape index (κ1) is 19.1. The predicted molar refractivity (Wildman–Crippen MR) is 112 cm³/mol. The van der Waals surface area contributed by atoms with Gasteiger partial charge < -0.3 is 14.8 Å². The summed E-state index contributed by atoms with van der Waals surface area (Å²) >= 11 is 0. The van der Waals surface area contributed by atoms with E-state index >= 15 is 0 Å². The fourth-order valence-corrected chi connectivity index (χ4v) is 3.27. The van der Waals surface area contributed by atoms with Crippen molar-refractivity contribution in [3.05, 3.63) is 53.4 Å². The summed E-state index contributed by atoms with van der Waals surface area (Å²) in [4.78, 5) is 9.37. The molecule has 0 amide bonds. The van der Waals surface area contributed by atoms with E-state index in [1.807, 2.05) is 36.4 Å². The van der Waals surface area contributed by atoms with Gasteiger partial charge in [-0.1, -0.05) is 24.3 Å². The topological polar surface area (TPSA) is 70.7 Å². The summed E-state index contributed by atoms with van der Waals surface area (Å²) in [6, 6.07) is 14.0. The van der Waals surface area contributed by atoms with Crippen LogP contribution in [0, 0.1) is 6.92 Å². The highest BCUT2D eigenvalue weighted by molar-refractivity contribution is 5.96. The van der Waals surface area contributed by atoms with Crippen molar-refractivity contribution in [2.24, 2.45) is 4.99 Å². The van der Waals surface area contributed by atoms with Crippen LogP contribution in [0.5, 0.6) is 0 Å². The zero-order valence-corrected chi connectivity index (χ0v) is 16.1. The van der Waals surface area contributed by atoms with Gasteiger partial charge in [-0.3, -0.25) is 4.99 Å². The molecule has 1 aliphatic carbocycles. The van der Waals surface area contributed by atoms with Crippen LogP contribution in [0.2, 0.25) is 0 Å². The number of nitrogens with zero attached hydrogens (tertiary/aromatic N) is 2. The van der Waals surface area contributed by atoms with Crippen molar-refractivity contribution in [2.75, 3.05) is 25.0 Å². The van der Waals surface area contributed by atoms with Gasteiger partial charge in [0.2, 0.25) is 0 Å². The smallest absolute Gasteiger partial charge is 0.155 e. The molecular formula is C21H22ClN3O2. The SMILES string of the molecule is CCNc1cc2oc3cc(=NCCO)c4ccccc4c-3nc2cc1C.Cl. The van der Waals surface area contributed by atoms with Gasteiger partial charge in [-0.2, -0.15) is 0 Å². The zero-order chi connectivity index (χ0) is 18.1. The molecule has 1 aliphatic heterocycles. The normalized spacial score (nSPS) is 11.9. The van der Waals surface area contributed by atoms with E-state index in [2.05, 4.69) is 30.2 Å². The number of hydrogen-bond acceptors (Lipinski definition) is 5. The molecule has 0 fully saturated rings. The van der Waals surface area contributed by atoms with Gasteiger partial charge >= 0.3 is 0 Å². The van der Waals surface area contributed by atoms with Crippen LogP contribution in [0.25, 0.3) is 33.3 Å². The lowest BCUT2D eigenvalue weighted by atomic mass is 10.0. The van der Waals surface area contributed by atoms with Gasteiger partial charge in [0.15, 0.2) is 11.3 Å². The highest BCUT2D eigenvalue weighted by Gasteiger charge is 2.15. The summed E-state index contributed by atoms with van der Waals surface area (Å²) < 4.78 is 6.19. The quantitative estimate of drug-likeness (QED) is 0.410. The van der Waals surface area contributed by atoms with Gasteiger partial charge in [-0.15, -0.1) is 12.4 Å². The summed E-state index contributed by atoms with van der Waals surface area (Å²) in [6.45, 7) is 5.37. The van der Waals surface area contributed by atoms with Gasteiger partial charge in [0.05, 0.1) is 18.5 Å². The maximum atomic E-state index is 9.12. The molecule has 4 rings (SSSR count). The molecule has 0 atom stereocenters. The summed E-state index contributed by atoms with van der Waals surface area (Å²) in [5.74, 6) is 0.694. The number of aliphatic hydroxyl groups excluding tert-OH is 1. The fourth-order valence-electron chi connectivity index (χ4n) is 3.27. The third kappa shape index (κ3) is 3.48. The summed E-state index contributed by atoms with van der Waals surface area (Å²) in [5.41, 5.74) is 4.59. The highest BCUT2D eigenvalue weighted by Crippen LogP contribution is 2.32. The van der Waals surface area contributed by atoms with E-state index in [-0.39, 0.29) is 19.0 Å². The Labute approximate surface area is 163 Å². The molecule has 0 spiro atoms. The number of benzene rings is 3. The van der Waals surface area contributed by atoms with E-state index in [4.69, 9.17) is 14.5 Å². The number of aliphatic hydroxyl groups is 1. The van der Waals surface area contributed by atoms with Crippen molar-refractivity contribution in [3.63, 3.8) is 0 Å². The Hall–Kier alpha value is -2.63. The van der Waals surface area contributed by atoms with Gasteiger partial charge in [0, 0.05) is 35.1 Å². The Morgan fingerprint density at radius 1 is 1.15 bits per heavy atom. The molecule has 2 aromatic carbocycles. The minimum absolute atomic E-state index is 0. The Morgan fingerprint density at radius 3 is 2.67 bits per heavy atom. The van der Waals surface area contributed by atoms with Crippen LogP contribution in [-0.4, -0.2) is 29.8 Å². The maximum Gasteiger partial charge on any atom is 0.155 e. The lowest BCUT2D eigenvalue weighted by molar-refractivity contribution is 0.306. The largest absolute Gasteiger partial charge is 0.453 e. The van der Waals surface area contributed by atoms with E-state index < -0.39 is 0 Å². The minimum atomic E-state index is 0. The van der Waals surface area contributed by atoms with Crippen molar-refractivity contribution in [3.8, 4) is 11.5 Å². The van der Waals surface area contributed by atoms with Crippen LogP contribution in [0.1, 0.15) is 12.5 Å². The second kappa shape index (κ2) is 7.94. The van der Waals surface area contributed by atoms with Gasteiger partial charge in [-0.05, 0) is 25.5 Å². The Morgan fingerprint density at radius 2 is 1.93 bits per heavy atom. The number of halogens is 1. The highest BCUT2D eigenvalue weighted by atomic mass is 35.5. The van der Waals surface area contributed by atoms with Gasteiger partial charge in [0.1, 0.15) is 11.2 Å². The molecule has 27 heavy (non-hydrogen) atoms. The van der Waals surface area contributed by atoms with Crippen molar-refractivity contribution < 1.29 is 9.52 Å². The first-order valence-electron chi connectivity index (χ1n) is 8.83. The second-order valence-corrected chi connectivity index (χ2v) is 6.27. The number of nitrogens with one attached hydrogen (secondary N) is 1. The fraction of sp³-hybridized carbons (Fsp3) is 0.238. The number of rotatable bonds is 4. The molecule has 0 radical (unpaired) electrons. The molecule has 2 N–H and O–H groups in total. The van der Waals surface area contributed by atoms with E-state index in [9.17, 15) is 0 Å². The predicted octanol–water partition coefficient (Wildman–Crippen LogP) is 4.14. The first-order chi connectivity index (χ1) is 12.7. The third-order valence-corrected chi connectivity index (χ3v) is 4.47. The first-order valence-corrected chi connectivity index (χ1v) is 8.83. The van der Waals surface area contributed by atoms with Gasteiger partial charge in [0.25, 0.3) is 0 Å². The average molecular weight is 384 g/mol. The monoisotopic (exact) mass is 383 g/mol. The molecule has 1 heterocycles. The average Bonchev–Trinajstić information content (AvgIpc) is 2.66. The molecule has 0 saturated heterocycles. The minimum Gasteiger partial charge on any atom is -0.453 e. The summed E-state index contributed by atoms with van der Waals surface area (Å²) in [5, 5.41) is 15.3. The number of fused-ring (bicyclic) bond motifs is 4. The standard InChI is InChI=1S/C21H21N3O2.ClH/c1-3-22-16-11-19-18(10-13(16)2)24-21-15-7-5-4-6-14(15)17(23-8-9-25)12-20(21)26-19;/h4-7,10-12,22,25H,3,8-9H2,1-2H3;1H. The number of anilines is 1. The summed E-state index contributed by atoms with van der Waals surface area (Å²) in [7, 11) is 0. The molecule has 140 valence electrons. The van der Waals surface area contributed by atoms with E-state index in [0.717, 1.165) is 50.7 Å². The molecule has 2 aliphatic rings. The van der Waals surface area contributed by atoms with Crippen molar-refractivity contribution >= 4 is 40.0 Å². The Bertz CT molecular complexity index is 1140. The van der Waals surface area contributed by atoms with Crippen LogP contribution in [-0.2, 0) is 0 Å². The zero-order valence-electron chi connectivity index (χ0n) is 15.3. The number of aromatic nitrogens is 1. The van der Waals surface area contributed by atoms with Crippen molar-refractivity contribution in [2.45, 2.75) is 13.8 Å². The molecule has 0 bridgehead atoms. The number of aryl methyl sites for hydroxylation is 1. The molecule has 6 heteroatoms. The van der Waals surface area contributed by atoms with Crippen LogP contribution in [0.4, 0.5) is 5.69 Å². The van der Waals surface area contributed by atoms with Crippen molar-refractivity contribution in [1.82, 2.24) is 4.98 Å². The number of hydrogen-bond donors (Lipinski definition) is 2. The van der Waals surface area contributed by atoms with Gasteiger partial charge in [-0.25, -0.2) is 4.98 Å². The molecule has 0 saturated carbocycles. The van der Waals surface area contributed by atoms with Crippen LogP contribution in [0.3, 0.4) is 0 Å². The molecule has 0 unspecified atom stereocenters. The lowest BCUT2D eigenvalue weighted by Crippen LogP contribution is -2.08. The second-order valence-electron chi connectivity index (χ2n) is 6.27.